The molecule has 0 atom stereocenters. The van der Waals surface area contributed by atoms with E-state index < -0.39 is 5.56 Å². The molecule has 0 bridgehead atoms. The van der Waals surface area contributed by atoms with E-state index in [1.807, 2.05) is 0 Å². The third-order valence-electron chi connectivity index (χ3n) is 4.45. The first kappa shape index (κ1) is 20.6. The molecule has 2 aromatic carbocycles. The summed E-state index contributed by atoms with van der Waals surface area (Å²) in [5.74, 6) is 0. The second kappa shape index (κ2) is 8.45. The third kappa shape index (κ3) is 3.61. The predicted molar refractivity (Wildman–Crippen MR) is 116 cm³/mol. The number of H-pyrrole nitrogens is 1. The van der Waals surface area contributed by atoms with E-state index >= 15 is 0 Å². The number of benzene rings is 2. The van der Waals surface area contributed by atoms with Crippen LogP contribution in [0, 0.1) is 11.3 Å². The molecule has 0 aliphatic carbocycles. The number of aromatic amines is 1. The molecule has 0 amide bonds. The normalized spacial score (nSPS) is 12.2. The average Bonchev–Trinajstić information content (AvgIpc) is 2.71. The van der Waals surface area contributed by atoms with Crippen LogP contribution in [0.2, 0.25) is 10.0 Å². The lowest BCUT2D eigenvalue weighted by Crippen LogP contribution is -2.15. The minimum Gasteiger partial charge on any atom is -0.404 e. The molecule has 0 radical (unpaired) electrons. The molecule has 0 saturated heterocycles. The van der Waals surface area contributed by atoms with Crippen molar-refractivity contribution in [2.45, 2.75) is 6.54 Å². The molecule has 0 aliphatic rings. The highest BCUT2D eigenvalue weighted by atomic mass is 35.5. The summed E-state index contributed by atoms with van der Waals surface area (Å²) in [6, 6.07) is 10.5. The van der Waals surface area contributed by atoms with Crippen molar-refractivity contribution in [1.29, 1.82) is 5.26 Å². The van der Waals surface area contributed by atoms with Gasteiger partial charge in [-0.3, -0.25) is 9.79 Å². The van der Waals surface area contributed by atoms with E-state index in [-0.39, 0.29) is 22.5 Å². The molecule has 7 nitrogen and oxygen atoms in total. The maximum Gasteiger partial charge on any atom is 0.273 e. The van der Waals surface area contributed by atoms with E-state index in [2.05, 4.69) is 21.3 Å². The van der Waals surface area contributed by atoms with Crippen LogP contribution >= 0.6 is 23.2 Å². The number of nitrogens with one attached hydrogen (secondary N) is 1. The Labute approximate surface area is 176 Å². The lowest BCUT2D eigenvalue weighted by Gasteiger charge is -2.15. The quantitative estimate of drug-likeness (QED) is 0.551. The second-order valence-corrected chi connectivity index (χ2v) is 6.83. The fourth-order valence-corrected chi connectivity index (χ4v) is 3.67. The van der Waals surface area contributed by atoms with Gasteiger partial charge in [0, 0.05) is 36.3 Å². The molecule has 1 heterocycles. The maximum atomic E-state index is 12.2. The summed E-state index contributed by atoms with van der Waals surface area (Å²) in [4.78, 5) is 16.5. The summed E-state index contributed by atoms with van der Waals surface area (Å²) >= 11 is 12.6. The highest BCUT2D eigenvalue weighted by molar-refractivity contribution is 6.38. The Morgan fingerprint density at radius 2 is 2.10 bits per heavy atom. The number of aromatic nitrogens is 2. The van der Waals surface area contributed by atoms with Gasteiger partial charge in [0.15, 0.2) is 0 Å². The molecule has 0 saturated carbocycles. The Morgan fingerprint density at radius 1 is 1.34 bits per heavy atom. The van der Waals surface area contributed by atoms with Gasteiger partial charge in [-0.05, 0) is 23.8 Å². The third-order valence-corrected chi connectivity index (χ3v) is 5.06. The largest absolute Gasteiger partial charge is 0.404 e. The highest BCUT2D eigenvalue weighted by Crippen LogP contribution is 2.31. The van der Waals surface area contributed by atoms with Gasteiger partial charge < -0.3 is 11.5 Å². The number of hydrogen-bond donors (Lipinski definition) is 3. The van der Waals surface area contributed by atoms with E-state index in [0.29, 0.717) is 38.5 Å². The van der Waals surface area contributed by atoms with Gasteiger partial charge >= 0.3 is 0 Å². The zero-order valence-electron chi connectivity index (χ0n) is 15.3. The summed E-state index contributed by atoms with van der Waals surface area (Å²) < 4.78 is 0. The van der Waals surface area contributed by atoms with Crippen molar-refractivity contribution in [3.05, 3.63) is 79.3 Å². The zero-order valence-corrected chi connectivity index (χ0v) is 16.8. The fourth-order valence-electron chi connectivity index (χ4n) is 3.14. The van der Waals surface area contributed by atoms with Crippen molar-refractivity contribution >= 4 is 45.3 Å². The first-order valence-corrected chi connectivity index (χ1v) is 9.21. The summed E-state index contributed by atoms with van der Waals surface area (Å²) in [6.07, 6.45) is 1.37. The van der Waals surface area contributed by atoms with Gasteiger partial charge in [0.05, 0.1) is 32.4 Å². The minimum absolute atomic E-state index is 0.107. The van der Waals surface area contributed by atoms with Crippen LogP contribution in [-0.2, 0) is 6.54 Å². The van der Waals surface area contributed by atoms with Gasteiger partial charge in [-0.15, -0.1) is 0 Å². The van der Waals surface area contributed by atoms with Gasteiger partial charge in [-0.25, -0.2) is 5.10 Å². The van der Waals surface area contributed by atoms with Crippen LogP contribution in [0.5, 0.6) is 0 Å². The number of nitriles is 1. The van der Waals surface area contributed by atoms with Crippen LogP contribution in [0.3, 0.4) is 0 Å². The molecule has 9 heteroatoms. The number of aliphatic imine (C=N–C) groups is 1. The van der Waals surface area contributed by atoms with E-state index in [1.165, 1.54) is 6.20 Å². The number of allylic oxidation sites excluding steroid dienone is 1. The fraction of sp³-hybridized carbons (Fsp3) is 0.100. The first-order valence-electron chi connectivity index (χ1n) is 8.46. The predicted octanol–water partition coefficient (Wildman–Crippen LogP) is 2.98. The van der Waals surface area contributed by atoms with Crippen molar-refractivity contribution in [3.8, 4) is 6.07 Å². The van der Waals surface area contributed by atoms with Crippen LogP contribution in [0.4, 0.5) is 0 Å². The Bertz CT molecular complexity index is 1270. The first-order chi connectivity index (χ1) is 14.0. The molecule has 5 N–H and O–H groups in total. The molecule has 0 aliphatic heterocycles. The van der Waals surface area contributed by atoms with Crippen molar-refractivity contribution < 1.29 is 0 Å². The van der Waals surface area contributed by atoms with Crippen molar-refractivity contribution in [1.82, 2.24) is 10.2 Å². The van der Waals surface area contributed by atoms with Crippen LogP contribution < -0.4 is 17.0 Å². The smallest absolute Gasteiger partial charge is 0.273 e. The van der Waals surface area contributed by atoms with Gasteiger partial charge in [0.25, 0.3) is 5.56 Å². The van der Waals surface area contributed by atoms with Gasteiger partial charge in [0.1, 0.15) is 6.07 Å². The van der Waals surface area contributed by atoms with Crippen molar-refractivity contribution in [2.24, 2.45) is 16.5 Å². The summed E-state index contributed by atoms with van der Waals surface area (Å²) in [7, 11) is 1.58. The lowest BCUT2D eigenvalue weighted by molar-refractivity contribution is 0.900. The number of nitrogens with two attached hydrogens (primary N) is 2. The monoisotopic (exact) mass is 426 g/mol. The molecule has 3 rings (SSSR count). The number of hydrogen-bond acceptors (Lipinski definition) is 6. The van der Waals surface area contributed by atoms with Crippen LogP contribution in [0.15, 0.2) is 46.3 Å². The number of nitrogens with zero attached hydrogens (tertiary/aromatic N) is 3. The molecule has 3 aromatic rings. The van der Waals surface area contributed by atoms with Crippen LogP contribution in [0.1, 0.15) is 22.4 Å². The lowest BCUT2D eigenvalue weighted by atomic mass is 9.92. The van der Waals surface area contributed by atoms with Crippen molar-refractivity contribution in [3.63, 3.8) is 0 Å². The highest BCUT2D eigenvalue weighted by Gasteiger charge is 2.19. The summed E-state index contributed by atoms with van der Waals surface area (Å²) in [6.45, 7) is 0.107. The topological polar surface area (TPSA) is 134 Å². The van der Waals surface area contributed by atoms with Crippen LogP contribution in [-0.4, -0.2) is 23.0 Å². The van der Waals surface area contributed by atoms with Gasteiger partial charge in [-0.2, -0.15) is 10.4 Å². The van der Waals surface area contributed by atoms with Gasteiger partial charge in [0.2, 0.25) is 0 Å². The van der Waals surface area contributed by atoms with E-state index in [4.69, 9.17) is 34.7 Å². The molecule has 0 unspecified atom stereocenters. The zero-order chi connectivity index (χ0) is 21.1. The van der Waals surface area contributed by atoms with Gasteiger partial charge in [-0.1, -0.05) is 35.3 Å². The second-order valence-electron chi connectivity index (χ2n) is 6.01. The van der Waals surface area contributed by atoms with E-state index in [0.717, 1.165) is 0 Å². The molecular weight excluding hydrogens is 411 g/mol. The van der Waals surface area contributed by atoms with E-state index in [9.17, 15) is 10.1 Å². The number of fused-ring (bicyclic) bond motifs is 1. The number of halogens is 2. The summed E-state index contributed by atoms with van der Waals surface area (Å²) in [5, 5.41) is 17.2. The molecule has 0 spiro atoms. The minimum atomic E-state index is -0.419. The Kier molecular flexibility index (Phi) is 5.99. The molecule has 1 aromatic heterocycles. The molecule has 146 valence electrons. The number of rotatable bonds is 4. The standard InChI is InChI=1S/C20H16Cl2N6O/c1-26-19(11-3-2-4-15(21)14(11)8-24)13(7-23)10-5-12-17(9-25)27-28-20(29)18(12)16(22)6-10/h2-7H,9,23,25H2,1H3,(H,28,29)/b13-7-,26-19?. The average molecular weight is 427 g/mol. The van der Waals surface area contributed by atoms with E-state index in [1.54, 1.807) is 37.4 Å². The molecule has 29 heavy (non-hydrogen) atoms. The Balaban J connectivity index is 2.29. The SMILES string of the molecule is CN=C(/C(=C\N)c1cc(Cl)c2c(=O)[nH]nc(CN)c2c1)c1cccc(Cl)c1C#N. The summed E-state index contributed by atoms with van der Waals surface area (Å²) in [5.41, 5.74) is 14.1. The Morgan fingerprint density at radius 3 is 2.72 bits per heavy atom. The van der Waals surface area contributed by atoms with Crippen molar-refractivity contribution in [2.75, 3.05) is 7.05 Å². The molecule has 0 fully saturated rings. The Hall–Kier alpha value is -3.18. The maximum absolute atomic E-state index is 12.2. The van der Waals surface area contributed by atoms with Crippen LogP contribution in [0.25, 0.3) is 16.3 Å². The molecular formula is C20H16Cl2N6O.